The van der Waals surface area contributed by atoms with Crippen LogP contribution in [0, 0.1) is 5.82 Å². The van der Waals surface area contributed by atoms with Crippen LogP contribution in [0.4, 0.5) is 27.9 Å². The van der Waals surface area contributed by atoms with E-state index in [9.17, 15) is 17.6 Å². The maximum Gasteiger partial charge on any atom is 0.280 e. The van der Waals surface area contributed by atoms with E-state index in [1.54, 1.807) is 17.0 Å². The van der Waals surface area contributed by atoms with Gasteiger partial charge < -0.3 is 14.8 Å². The van der Waals surface area contributed by atoms with E-state index >= 15 is 4.39 Å². The normalized spacial score (nSPS) is 21.0. The second-order valence-electron chi connectivity index (χ2n) is 9.81. The molecule has 3 aromatic heterocycles. The van der Waals surface area contributed by atoms with E-state index in [1.807, 2.05) is 0 Å². The number of nitrogens with zero attached hydrogens (tertiary/aromatic N) is 7. The third kappa shape index (κ3) is 4.42. The Bertz CT molecular complexity index is 1520. The van der Waals surface area contributed by atoms with Crippen LogP contribution in [0.15, 0.2) is 24.4 Å². The highest BCUT2D eigenvalue weighted by Gasteiger charge is 2.47. The molecule has 208 valence electrons. The molecule has 1 aromatic carbocycles. The Morgan fingerprint density at radius 2 is 2.03 bits per heavy atom. The van der Waals surface area contributed by atoms with Crippen molar-refractivity contribution in [2.75, 3.05) is 38.7 Å². The number of piperidine rings is 1. The molecule has 2 saturated heterocycles. The van der Waals surface area contributed by atoms with Gasteiger partial charge in [0.15, 0.2) is 5.82 Å². The molecule has 2 fully saturated rings. The molecular formula is C24H25F5N8O2. The van der Waals surface area contributed by atoms with Crippen molar-refractivity contribution in [1.29, 1.82) is 0 Å². The van der Waals surface area contributed by atoms with Crippen molar-refractivity contribution in [3.05, 3.63) is 30.2 Å². The predicted molar refractivity (Wildman–Crippen MR) is 130 cm³/mol. The second kappa shape index (κ2) is 9.55. The molecule has 39 heavy (non-hydrogen) atoms. The van der Waals surface area contributed by atoms with Crippen molar-refractivity contribution in [3.8, 4) is 17.0 Å². The van der Waals surface area contributed by atoms with Crippen molar-refractivity contribution in [3.63, 3.8) is 0 Å². The SMILES string of the molecule is COc1nc(N[C@@H]2CCN(C3COC3)CC2(F)F)nn2cc(F)c(-c3ccc4nnn([C@H](C)C(F)F)c4c3)c12. The Balaban J connectivity index is 1.34. The molecular weight excluding hydrogens is 527 g/mol. The molecule has 2 atom stereocenters. The maximum atomic E-state index is 15.3. The minimum absolute atomic E-state index is 0.00184. The van der Waals surface area contributed by atoms with Crippen molar-refractivity contribution >= 4 is 22.5 Å². The van der Waals surface area contributed by atoms with Crippen molar-refractivity contribution < 1.29 is 31.4 Å². The molecule has 1 N–H and O–H groups in total. The highest BCUT2D eigenvalue weighted by molar-refractivity contribution is 5.89. The molecule has 2 aliphatic rings. The Hall–Kier alpha value is -3.59. The molecule has 0 radical (unpaired) electrons. The van der Waals surface area contributed by atoms with Gasteiger partial charge in [-0.05, 0) is 31.0 Å². The number of halogens is 5. The first-order valence-corrected chi connectivity index (χ1v) is 12.4. The van der Waals surface area contributed by atoms with E-state index in [0.29, 0.717) is 36.4 Å². The Morgan fingerprint density at radius 1 is 1.23 bits per heavy atom. The van der Waals surface area contributed by atoms with Crippen LogP contribution in [-0.4, -0.2) is 92.3 Å². The number of hydrogen-bond donors (Lipinski definition) is 1. The van der Waals surface area contributed by atoms with Crippen molar-refractivity contribution in [1.82, 2.24) is 34.5 Å². The zero-order valence-corrected chi connectivity index (χ0v) is 21.0. The zero-order chi connectivity index (χ0) is 27.5. The maximum absolute atomic E-state index is 15.3. The summed E-state index contributed by atoms with van der Waals surface area (Å²) in [6.07, 6.45) is -1.45. The molecule has 10 nitrogen and oxygen atoms in total. The van der Waals surface area contributed by atoms with E-state index < -0.39 is 36.8 Å². The van der Waals surface area contributed by atoms with Crippen LogP contribution in [0.25, 0.3) is 27.7 Å². The topological polar surface area (TPSA) is 94.6 Å². The molecule has 2 aliphatic heterocycles. The molecule has 4 aromatic rings. The predicted octanol–water partition coefficient (Wildman–Crippen LogP) is 3.64. The van der Waals surface area contributed by atoms with Gasteiger partial charge in [0.05, 0.1) is 56.2 Å². The summed E-state index contributed by atoms with van der Waals surface area (Å²) in [6.45, 7) is 2.24. The quantitative estimate of drug-likeness (QED) is 0.348. The molecule has 15 heteroatoms. The van der Waals surface area contributed by atoms with Crippen LogP contribution >= 0.6 is 0 Å². The molecule has 0 unspecified atom stereocenters. The molecule has 0 amide bonds. The largest absolute Gasteiger partial charge is 0.479 e. The van der Waals surface area contributed by atoms with Gasteiger partial charge in [0.2, 0.25) is 11.8 Å². The Labute approximate surface area is 218 Å². The summed E-state index contributed by atoms with van der Waals surface area (Å²) < 4.78 is 84.8. The average Bonchev–Trinajstić information content (AvgIpc) is 3.43. The van der Waals surface area contributed by atoms with Crippen LogP contribution in [-0.2, 0) is 4.74 Å². The number of ether oxygens (including phenoxy) is 2. The summed E-state index contributed by atoms with van der Waals surface area (Å²) in [4.78, 5) is 5.98. The van der Waals surface area contributed by atoms with Gasteiger partial charge in [-0.3, -0.25) is 4.90 Å². The lowest BCUT2D eigenvalue weighted by Gasteiger charge is -2.44. The third-order valence-corrected chi connectivity index (χ3v) is 7.33. The molecule has 0 spiro atoms. The fourth-order valence-electron chi connectivity index (χ4n) is 5.04. The first-order chi connectivity index (χ1) is 18.7. The van der Waals surface area contributed by atoms with Crippen LogP contribution in [0.2, 0.25) is 0 Å². The highest BCUT2D eigenvalue weighted by Crippen LogP contribution is 2.37. The van der Waals surface area contributed by atoms with E-state index in [-0.39, 0.29) is 35.4 Å². The van der Waals surface area contributed by atoms with Gasteiger partial charge in [-0.2, -0.15) is 4.98 Å². The lowest BCUT2D eigenvalue weighted by molar-refractivity contribution is -0.131. The fourth-order valence-corrected chi connectivity index (χ4v) is 5.04. The number of anilines is 1. The van der Waals surface area contributed by atoms with E-state index in [4.69, 9.17) is 9.47 Å². The zero-order valence-electron chi connectivity index (χ0n) is 21.0. The number of rotatable bonds is 7. The van der Waals surface area contributed by atoms with Crippen LogP contribution < -0.4 is 10.1 Å². The van der Waals surface area contributed by atoms with Gasteiger partial charge >= 0.3 is 0 Å². The first-order valence-electron chi connectivity index (χ1n) is 12.4. The number of nitrogens with one attached hydrogen (secondary N) is 1. The summed E-state index contributed by atoms with van der Waals surface area (Å²) >= 11 is 0. The summed E-state index contributed by atoms with van der Waals surface area (Å²) in [6, 6.07) is 2.13. The molecule has 5 heterocycles. The van der Waals surface area contributed by atoms with Gasteiger partial charge in [0, 0.05) is 6.54 Å². The third-order valence-electron chi connectivity index (χ3n) is 7.33. The van der Waals surface area contributed by atoms with Gasteiger partial charge in [-0.25, -0.2) is 31.1 Å². The summed E-state index contributed by atoms with van der Waals surface area (Å²) in [7, 11) is 1.32. The van der Waals surface area contributed by atoms with E-state index in [0.717, 1.165) is 10.9 Å². The number of hydrogen-bond acceptors (Lipinski definition) is 8. The lowest BCUT2D eigenvalue weighted by atomic mass is 9.98. The van der Waals surface area contributed by atoms with Gasteiger partial charge in [-0.15, -0.1) is 10.2 Å². The molecule has 0 bridgehead atoms. The number of methoxy groups -OCH3 is 1. The van der Waals surface area contributed by atoms with Crippen LogP contribution in [0.3, 0.4) is 0 Å². The molecule has 0 aliphatic carbocycles. The second-order valence-corrected chi connectivity index (χ2v) is 9.81. The fraction of sp³-hybridized carbons (Fsp3) is 0.500. The smallest absolute Gasteiger partial charge is 0.280 e. The molecule has 0 saturated carbocycles. The standard InChI is InChI=1S/C24H25F5N8O2/c1-12(21(26)27)37-17-7-13(3-4-16(17)32-34-37)19-15(25)8-36-20(19)22(38-2)31-23(33-36)30-18-5-6-35(11-24(18,28)29)14-9-39-10-14/h3-4,7-8,12,14,18,21H,5-6,9-11H2,1-2H3,(H,30,33)/t12-,18-/m1/s1. The van der Waals surface area contributed by atoms with Gasteiger partial charge in [0.1, 0.15) is 17.1 Å². The van der Waals surface area contributed by atoms with Crippen molar-refractivity contribution in [2.24, 2.45) is 0 Å². The number of alkyl halides is 4. The number of benzene rings is 1. The van der Waals surface area contributed by atoms with Crippen LogP contribution in [0.5, 0.6) is 5.88 Å². The molecule has 6 rings (SSSR count). The average molecular weight is 553 g/mol. The van der Waals surface area contributed by atoms with E-state index in [1.165, 1.54) is 24.6 Å². The van der Waals surface area contributed by atoms with Gasteiger partial charge in [0.25, 0.3) is 12.3 Å². The first kappa shape index (κ1) is 25.7. The van der Waals surface area contributed by atoms with Gasteiger partial charge in [-0.1, -0.05) is 11.3 Å². The Morgan fingerprint density at radius 3 is 2.69 bits per heavy atom. The minimum atomic E-state index is -3.06. The monoisotopic (exact) mass is 552 g/mol. The summed E-state index contributed by atoms with van der Waals surface area (Å²) in [5.74, 6) is -3.95. The number of likely N-dealkylation sites (tertiary alicyclic amines) is 1. The van der Waals surface area contributed by atoms with Crippen molar-refractivity contribution in [2.45, 2.75) is 43.8 Å². The number of aromatic nitrogens is 6. The van der Waals surface area contributed by atoms with Crippen LogP contribution in [0.1, 0.15) is 19.4 Å². The lowest BCUT2D eigenvalue weighted by Crippen LogP contribution is -2.61. The minimum Gasteiger partial charge on any atom is -0.479 e. The highest BCUT2D eigenvalue weighted by atomic mass is 19.3. The summed E-state index contributed by atoms with van der Waals surface area (Å²) in [5, 5.41) is 14.7. The Kier molecular flexibility index (Phi) is 6.29. The van der Waals surface area contributed by atoms with E-state index in [2.05, 4.69) is 25.7 Å². The number of fused-ring (bicyclic) bond motifs is 2. The summed E-state index contributed by atoms with van der Waals surface area (Å²) in [5.41, 5.74) is 1.18.